The second-order valence-electron chi connectivity index (χ2n) is 14.9. The molecule has 4 aromatic heterocycles. The van der Waals surface area contributed by atoms with Crippen molar-refractivity contribution in [2.45, 2.75) is 0 Å². The lowest BCUT2D eigenvalue weighted by Gasteiger charge is -2.17. The van der Waals surface area contributed by atoms with Gasteiger partial charge in [0.1, 0.15) is 0 Å². The van der Waals surface area contributed by atoms with Crippen LogP contribution in [0.15, 0.2) is 182 Å². The van der Waals surface area contributed by atoms with Gasteiger partial charge in [-0.15, -0.1) is 0 Å². The molecule has 258 valence electrons. The molecule has 0 radical (unpaired) electrons. The molecular formula is C52H30N4. The molecule has 0 fully saturated rings. The van der Waals surface area contributed by atoms with E-state index in [-0.39, 0.29) is 0 Å². The van der Waals surface area contributed by atoms with Crippen molar-refractivity contribution in [1.82, 2.24) is 18.9 Å². The van der Waals surface area contributed by atoms with Crippen LogP contribution in [0.5, 0.6) is 0 Å². The van der Waals surface area contributed by atoms with Gasteiger partial charge in [-0.25, -0.2) is 9.97 Å². The van der Waals surface area contributed by atoms with E-state index in [0.29, 0.717) is 0 Å². The first-order chi connectivity index (χ1) is 27.8. The Bertz CT molecular complexity index is 3750. The van der Waals surface area contributed by atoms with Gasteiger partial charge in [0.05, 0.1) is 44.5 Å². The number of aromatic nitrogens is 4. The molecule has 0 bridgehead atoms. The lowest BCUT2D eigenvalue weighted by molar-refractivity contribution is 1.20. The lowest BCUT2D eigenvalue weighted by atomic mass is 9.97. The molecule has 56 heavy (non-hydrogen) atoms. The van der Waals surface area contributed by atoms with Crippen LogP contribution in [-0.2, 0) is 0 Å². The minimum atomic E-state index is 0.725. The second kappa shape index (κ2) is 11.0. The molecule has 0 spiro atoms. The van der Waals surface area contributed by atoms with Crippen LogP contribution in [0.25, 0.3) is 121 Å². The molecule has 0 N–H and O–H groups in total. The first-order valence-corrected chi connectivity index (χ1v) is 19.2. The zero-order valence-corrected chi connectivity index (χ0v) is 30.1. The molecule has 13 rings (SSSR count). The largest absolute Gasteiger partial charge is 0.308 e. The fraction of sp³-hybridized carbons (Fsp3) is 0. The van der Waals surface area contributed by atoms with Crippen molar-refractivity contribution < 1.29 is 0 Å². The summed E-state index contributed by atoms with van der Waals surface area (Å²) in [6.07, 6.45) is 0. The smallest absolute Gasteiger partial charge is 0.160 e. The van der Waals surface area contributed by atoms with E-state index in [1.807, 2.05) is 18.2 Å². The van der Waals surface area contributed by atoms with E-state index in [9.17, 15) is 0 Å². The van der Waals surface area contributed by atoms with E-state index in [2.05, 4.69) is 173 Å². The van der Waals surface area contributed by atoms with Crippen molar-refractivity contribution in [3.8, 4) is 28.3 Å². The Balaban J connectivity index is 1.19. The third-order valence-electron chi connectivity index (χ3n) is 12.0. The van der Waals surface area contributed by atoms with Crippen molar-refractivity contribution in [2.75, 3.05) is 0 Å². The van der Waals surface area contributed by atoms with Crippen LogP contribution in [0, 0.1) is 0 Å². The van der Waals surface area contributed by atoms with Crippen molar-refractivity contribution in [2.24, 2.45) is 0 Å². The maximum absolute atomic E-state index is 5.30. The van der Waals surface area contributed by atoms with Gasteiger partial charge in [-0.1, -0.05) is 158 Å². The zero-order chi connectivity index (χ0) is 36.5. The molecule has 0 aliphatic heterocycles. The Morgan fingerprint density at radius 2 is 0.946 bits per heavy atom. The number of hydrogen-bond donors (Lipinski definition) is 0. The molecule has 0 aliphatic rings. The van der Waals surface area contributed by atoms with Gasteiger partial charge in [0.15, 0.2) is 5.82 Å². The maximum atomic E-state index is 5.30. The Morgan fingerprint density at radius 1 is 0.339 bits per heavy atom. The third-order valence-corrected chi connectivity index (χ3v) is 12.0. The standard InChI is InChI=1S/C52H30N4/c1-2-15-31(16-3-1)52-53-42-26-11-8-22-39(42)48(54-52)36-29-30-45(33-18-5-4-17-32(33)36)55-44-28-13-10-23-40(44)47-50(55)38-21-7-6-20-35(38)46-41-25-14-24-37-34-19-9-12-27-43(34)56(49(37)41)51(46)47/h1-30H. The van der Waals surface area contributed by atoms with E-state index >= 15 is 0 Å². The molecule has 0 atom stereocenters. The normalized spacial score (nSPS) is 12.3. The van der Waals surface area contributed by atoms with E-state index < -0.39 is 0 Å². The number of benzene rings is 9. The van der Waals surface area contributed by atoms with Crippen LogP contribution in [0.3, 0.4) is 0 Å². The van der Waals surface area contributed by atoms with Crippen LogP contribution >= 0.6 is 0 Å². The van der Waals surface area contributed by atoms with Gasteiger partial charge in [0.2, 0.25) is 0 Å². The molecule has 4 heteroatoms. The number of para-hydroxylation sites is 4. The Labute approximate surface area is 320 Å². The SMILES string of the molecule is c1ccc(-c2nc(-c3ccc(-n4c5ccccc5c5c4c4ccccc4c4c6cccc7c8ccccc8n(c76)c45)c4ccccc34)c3ccccc3n2)cc1. The number of hydrogen-bond acceptors (Lipinski definition) is 2. The molecule has 0 saturated carbocycles. The van der Waals surface area contributed by atoms with Crippen molar-refractivity contribution >= 4 is 92.3 Å². The highest BCUT2D eigenvalue weighted by Crippen LogP contribution is 2.49. The highest BCUT2D eigenvalue weighted by atomic mass is 15.0. The van der Waals surface area contributed by atoms with E-state index in [0.717, 1.165) is 44.6 Å². The van der Waals surface area contributed by atoms with E-state index in [1.54, 1.807) is 0 Å². The predicted octanol–water partition coefficient (Wildman–Crippen LogP) is 13.5. The van der Waals surface area contributed by atoms with Crippen molar-refractivity contribution in [3.05, 3.63) is 182 Å². The topological polar surface area (TPSA) is 35.1 Å². The van der Waals surface area contributed by atoms with Crippen LogP contribution in [0.4, 0.5) is 0 Å². The van der Waals surface area contributed by atoms with Gasteiger partial charge in [-0.2, -0.15) is 0 Å². The van der Waals surface area contributed by atoms with E-state index in [4.69, 9.17) is 9.97 Å². The predicted molar refractivity (Wildman–Crippen MR) is 234 cm³/mol. The Hall–Kier alpha value is -7.56. The highest BCUT2D eigenvalue weighted by Gasteiger charge is 2.26. The summed E-state index contributed by atoms with van der Waals surface area (Å²) in [6.45, 7) is 0. The summed E-state index contributed by atoms with van der Waals surface area (Å²) in [6, 6.07) is 65.7. The maximum Gasteiger partial charge on any atom is 0.160 e. The van der Waals surface area contributed by atoms with Gasteiger partial charge in [-0.3, -0.25) is 0 Å². The lowest BCUT2D eigenvalue weighted by Crippen LogP contribution is -1.99. The fourth-order valence-electron chi connectivity index (χ4n) is 9.78. The number of nitrogens with zero attached hydrogens (tertiary/aromatic N) is 4. The summed E-state index contributed by atoms with van der Waals surface area (Å²) in [4.78, 5) is 10.3. The quantitative estimate of drug-likeness (QED) is 0.183. The first-order valence-electron chi connectivity index (χ1n) is 19.2. The van der Waals surface area contributed by atoms with Crippen LogP contribution in [0.1, 0.15) is 0 Å². The minimum Gasteiger partial charge on any atom is -0.308 e. The number of fused-ring (bicyclic) bond motifs is 15. The average molecular weight is 711 g/mol. The van der Waals surface area contributed by atoms with Crippen molar-refractivity contribution in [1.29, 1.82) is 0 Å². The van der Waals surface area contributed by atoms with Gasteiger partial charge < -0.3 is 8.97 Å². The molecular weight excluding hydrogens is 681 g/mol. The molecule has 13 aromatic rings. The summed E-state index contributed by atoms with van der Waals surface area (Å²) >= 11 is 0. The summed E-state index contributed by atoms with van der Waals surface area (Å²) in [7, 11) is 0. The molecule has 4 nitrogen and oxygen atoms in total. The monoisotopic (exact) mass is 710 g/mol. The van der Waals surface area contributed by atoms with Crippen LogP contribution < -0.4 is 0 Å². The first kappa shape index (κ1) is 29.8. The molecule has 0 aliphatic carbocycles. The molecule has 4 heterocycles. The molecule has 0 amide bonds. The molecule has 9 aromatic carbocycles. The fourth-order valence-corrected chi connectivity index (χ4v) is 9.78. The van der Waals surface area contributed by atoms with Gasteiger partial charge in [0.25, 0.3) is 0 Å². The van der Waals surface area contributed by atoms with Crippen LogP contribution in [-0.4, -0.2) is 18.9 Å². The van der Waals surface area contributed by atoms with Gasteiger partial charge >= 0.3 is 0 Å². The number of rotatable bonds is 3. The second-order valence-corrected chi connectivity index (χ2v) is 14.9. The summed E-state index contributed by atoms with van der Waals surface area (Å²) in [5.41, 5.74) is 11.3. The average Bonchev–Trinajstić information content (AvgIpc) is 3.92. The van der Waals surface area contributed by atoms with Crippen molar-refractivity contribution in [3.63, 3.8) is 0 Å². The van der Waals surface area contributed by atoms with E-state index in [1.165, 1.54) is 76.1 Å². The Kier molecular flexibility index (Phi) is 5.86. The highest BCUT2D eigenvalue weighted by molar-refractivity contribution is 6.39. The zero-order valence-electron chi connectivity index (χ0n) is 30.1. The Morgan fingerprint density at radius 3 is 1.79 bits per heavy atom. The van der Waals surface area contributed by atoms with Crippen LogP contribution in [0.2, 0.25) is 0 Å². The molecule has 0 saturated heterocycles. The summed E-state index contributed by atoms with van der Waals surface area (Å²) in [5, 5.41) is 13.6. The summed E-state index contributed by atoms with van der Waals surface area (Å²) < 4.78 is 5.07. The summed E-state index contributed by atoms with van der Waals surface area (Å²) in [5.74, 6) is 0.725. The minimum absolute atomic E-state index is 0.725. The molecule has 0 unspecified atom stereocenters. The van der Waals surface area contributed by atoms with Gasteiger partial charge in [0, 0.05) is 59.6 Å². The third kappa shape index (κ3) is 3.82. The van der Waals surface area contributed by atoms with Gasteiger partial charge in [-0.05, 0) is 35.0 Å².